The molecule has 2 N–H and O–H groups in total. The number of hydrogen-bond acceptors (Lipinski definition) is 4. The van der Waals surface area contributed by atoms with Gasteiger partial charge in [0.05, 0.1) is 12.7 Å². The SMILES string of the molecule is CCCCCCCCCCCC(=O)N(CCCCC1Cc2cc(O)ccc2C2C(F)C[C@]3(C)C(O)CCC3C12)CCOC. The van der Waals surface area contributed by atoms with Gasteiger partial charge in [-0.3, -0.25) is 4.79 Å². The first-order chi connectivity index (χ1) is 20.8. The third kappa shape index (κ3) is 8.54. The third-order valence-corrected chi connectivity index (χ3v) is 11.4. The van der Waals surface area contributed by atoms with Gasteiger partial charge in [-0.05, 0) is 91.4 Å². The Morgan fingerprint density at radius 2 is 1.74 bits per heavy atom. The van der Waals surface area contributed by atoms with Crippen LogP contribution in [0.1, 0.15) is 134 Å². The number of methoxy groups -OCH3 is 1. The first kappa shape index (κ1) is 34.2. The zero-order chi connectivity index (χ0) is 30.8. The molecule has 0 saturated heterocycles. The molecule has 6 heteroatoms. The molecule has 3 aliphatic rings. The van der Waals surface area contributed by atoms with Crippen molar-refractivity contribution < 1.29 is 24.1 Å². The van der Waals surface area contributed by atoms with E-state index in [1.54, 1.807) is 13.2 Å². The highest BCUT2D eigenvalue weighted by atomic mass is 19.1. The molecule has 1 aromatic carbocycles. The molecule has 1 amide bonds. The number of rotatable bonds is 18. The fourth-order valence-corrected chi connectivity index (χ4v) is 9.05. The number of aliphatic hydroxyl groups is 1. The molecule has 0 bridgehead atoms. The summed E-state index contributed by atoms with van der Waals surface area (Å²) >= 11 is 0. The fraction of sp³-hybridized carbons (Fsp3) is 0.811. The molecule has 43 heavy (non-hydrogen) atoms. The first-order valence-corrected chi connectivity index (χ1v) is 17.7. The highest BCUT2D eigenvalue weighted by molar-refractivity contribution is 5.76. The maximum atomic E-state index is 16.0. The quantitative estimate of drug-likeness (QED) is 0.166. The molecule has 0 radical (unpaired) electrons. The number of phenols is 1. The summed E-state index contributed by atoms with van der Waals surface area (Å²) in [7, 11) is 1.69. The summed E-state index contributed by atoms with van der Waals surface area (Å²) in [4.78, 5) is 15.1. The van der Waals surface area contributed by atoms with Gasteiger partial charge in [0.15, 0.2) is 0 Å². The topological polar surface area (TPSA) is 70.0 Å². The molecule has 1 aromatic rings. The Kier molecular flexibility index (Phi) is 13.2. The number of amides is 1. The lowest BCUT2D eigenvalue weighted by atomic mass is 9.51. The van der Waals surface area contributed by atoms with Gasteiger partial charge in [0.1, 0.15) is 11.9 Å². The van der Waals surface area contributed by atoms with E-state index in [0.29, 0.717) is 37.8 Å². The Morgan fingerprint density at radius 3 is 2.47 bits per heavy atom. The number of hydrogen-bond donors (Lipinski definition) is 2. The lowest BCUT2D eigenvalue weighted by Gasteiger charge is -2.54. The molecule has 4 rings (SSSR count). The lowest BCUT2D eigenvalue weighted by molar-refractivity contribution is -0.132. The number of ether oxygens (including phenoxy) is 1. The second-order valence-electron chi connectivity index (χ2n) is 14.3. The van der Waals surface area contributed by atoms with Crippen molar-refractivity contribution in [3.63, 3.8) is 0 Å². The van der Waals surface area contributed by atoms with Crippen LogP contribution in [0.5, 0.6) is 5.75 Å². The molecule has 3 aliphatic carbocycles. The van der Waals surface area contributed by atoms with E-state index in [1.165, 1.54) is 44.9 Å². The van der Waals surface area contributed by atoms with Gasteiger partial charge in [-0.15, -0.1) is 0 Å². The smallest absolute Gasteiger partial charge is 0.222 e. The third-order valence-electron chi connectivity index (χ3n) is 11.4. The summed E-state index contributed by atoms with van der Waals surface area (Å²) < 4.78 is 21.4. The normalized spacial score (nSPS) is 29.6. The number of nitrogens with zero attached hydrogens (tertiary/aromatic N) is 1. The van der Waals surface area contributed by atoms with Crippen LogP contribution in [0.25, 0.3) is 0 Å². The number of phenolic OH excluding ortho intramolecular Hbond substituents is 1. The minimum atomic E-state index is -0.978. The zero-order valence-corrected chi connectivity index (χ0v) is 27.4. The lowest BCUT2D eigenvalue weighted by Crippen LogP contribution is -2.51. The fourth-order valence-electron chi connectivity index (χ4n) is 9.05. The van der Waals surface area contributed by atoms with Gasteiger partial charge >= 0.3 is 0 Å². The van der Waals surface area contributed by atoms with Crippen LogP contribution >= 0.6 is 0 Å². The number of halogens is 1. The van der Waals surface area contributed by atoms with Crippen molar-refractivity contribution >= 4 is 5.91 Å². The molecule has 244 valence electrons. The highest BCUT2D eigenvalue weighted by Gasteiger charge is 2.59. The van der Waals surface area contributed by atoms with E-state index in [9.17, 15) is 15.0 Å². The average molecular weight is 602 g/mol. The van der Waals surface area contributed by atoms with Gasteiger partial charge in [-0.25, -0.2) is 4.39 Å². The van der Waals surface area contributed by atoms with Crippen LogP contribution in [0.15, 0.2) is 18.2 Å². The molecule has 5 nitrogen and oxygen atoms in total. The van der Waals surface area contributed by atoms with E-state index in [-0.39, 0.29) is 28.9 Å². The largest absolute Gasteiger partial charge is 0.508 e. The summed E-state index contributed by atoms with van der Waals surface area (Å²) in [6, 6.07) is 5.51. The summed E-state index contributed by atoms with van der Waals surface area (Å²) in [6.45, 7) is 6.30. The number of aromatic hydroxyl groups is 1. The molecule has 0 aliphatic heterocycles. The molecule has 0 aromatic heterocycles. The van der Waals surface area contributed by atoms with Crippen molar-refractivity contribution in [3.8, 4) is 5.75 Å². The number of unbranched alkanes of at least 4 members (excludes halogenated alkanes) is 9. The molecular formula is C37H60FNO4. The number of carbonyl (C=O) groups is 1. The number of fused-ring (bicyclic) bond motifs is 5. The molecule has 0 heterocycles. The van der Waals surface area contributed by atoms with E-state index in [0.717, 1.165) is 69.0 Å². The highest BCUT2D eigenvalue weighted by Crippen LogP contribution is 2.63. The van der Waals surface area contributed by atoms with Gasteiger partial charge in [-0.1, -0.05) is 77.7 Å². The van der Waals surface area contributed by atoms with Crippen molar-refractivity contribution in [1.29, 1.82) is 0 Å². The van der Waals surface area contributed by atoms with Crippen molar-refractivity contribution in [2.45, 2.75) is 141 Å². The molecule has 0 spiro atoms. The predicted molar refractivity (Wildman–Crippen MR) is 172 cm³/mol. The number of alkyl halides is 1. The van der Waals surface area contributed by atoms with Gasteiger partial charge in [0.25, 0.3) is 0 Å². The molecule has 2 fully saturated rings. The Balaban J connectivity index is 1.30. The molecule has 2 saturated carbocycles. The van der Waals surface area contributed by atoms with E-state index < -0.39 is 12.3 Å². The summed E-state index contributed by atoms with van der Waals surface area (Å²) in [5.74, 6) is 1.18. The number of aliphatic hydroxyl groups excluding tert-OH is 1. The second-order valence-corrected chi connectivity index (χ2v) is 14.3. The minimum absolute atomic E-state index is 0.158. The van der Waals surface area contributed by atoms with E-state index in [1.807, 2.05) is 17.0 Å². The summed E-state index contributed by atoms with van der Waals surface area (Å²) in [6.07, 6.45) is 16.3. The Bertz CT molecular complexity index is 1000. The summed E-state index contributed by atoms with van der Waals surface area (Å²) in [5, 5.41) is 21.1. The predicted octanol–water partition coefficient (Wildman–Crippen LogP) is 8.35. The van der Waals surface area contributed by atoms with Crippen LogP contribution in [0.4, 0.5) is 4.39 Å². The van der Waals surface area contributed by atoms with Crippen LogP contribution in [-0.2, 0) is 16.0 Å². The molecular weight excluding hydrogens is 541 g/mol. The van der Waals surface area contributed by atoms with Crippen molar-refractivity contribution in [3.05, 3.63) is 29.3 Å². The van der Waals surface area contributed by atoms with Crippen molar-refractivity contribution in [1.82, 2.24) is 4.90 Å². The van der Waals surface area contributed by atoms with Crippen LogP contribution in [0.2, 0.25) is 0 Å². The maximum Gasteiger partial charge on any atom is 0.222 e. The number of carbonyl (C=O) groups excluding carboxylic acids is 1. The Hall–Kier alpha value is -1.66. The zero-order valence-electron chi connectivity index (χ0n) is 27.4. The minimum Gasteiger partial charge on any atom is -0.508 e. The van der Waals surface area contributed by atoms with Crippen LogP contribution in [0, 0.1) is 23.2 Å². The first-order valence-electron chi connectivity index (χ1n) is 17.7. The maximum absolute atomic E-state index is 16.0. The average Bonchev–Trinajstić information content (AvgIpc) is 3.28. The van der Waals surface area contributed by atoms with E-state index >= 15 is 4.39 Å². The van der Waals surface area contributed by atoms with Crippen molar-refractivity contribution in [2.24, 2.45) is 23.2 Å². The van der Waals surface area contributed by atoms with Gasteiger partial charge in [-0.2, -0.15) is 0 Å². The Morgan fingerprint density at radius 1 is 1.02 bits per heavy atom. The van der Waals surface area contributed by atoms with Crippen LogP contribution < -0.4 is 0 Å². The van der Waals surface area contributed by atoms with E-state index in [4.69, 9.17) is 4.74 Å². The van der Waals surface area contributed by atoms with Crippen LogP contribution in [-0.4, -0.2) is 60.1 Å². The monoisotopic (exact) mass is 601 g/mol. The van der Waals surface area contributed by atoms with Gasteiger partial charge in [0, 0.05) is 32.5 Å². The molecule has 6 unspecified atom stereocenters. The molecule has 7 atom stereocenters. The van der Waals surface area contributed by atoms with E-state index in [2.05, 4.69) is 13.8 Å². The van der Waals surface area contributed by atoms with Crippen LogP contribution in [0.3, 0.4) is 0 Å². The number of benzene rings is 1. The van der Waals surface area contributed by atoms with Crippen molar-refractivity contribution in [2.75, 3.05) is 26.8 Å². The second kappa shape index (κ2) is 16.6. The standard InChI is InChI=1S/C37H60FNO4/c1-4-5-6-7-8-9-10-11-12-16-34(42)39(22-23-43-3)21-14-13-15-27-24-28-25-29(40)17-18-30(28)36-32(38)26-37(2)31(35(27)36)19-20-33(37)41/h17-18,25,27,31-33,35-36,40-41H,4-16,19-24,26H2,1-3H3/t27?,31?,32?,33?,35?,36?,37-/m0/s1. The van der Waals surface area contributed by atoms with Gasteiger partial charge in [0.2, 0.25) is 5.91 Å². The Labute approximate surface area is 261 Å². The van der Waals surface area contributed by atoms with Gasteiger partial charge < -0.3 is 19.8 Å². The summed E-state index contributed by atoms with van der Waals surface area (Å²) in [5.41, 5.74) is 1.81.